The van der Waals surface area contributed by atoms with Crippen LogP contribution >= 0.6 is 11.6 Å². The van der Waals surface area contributed by atoms with E-state index in [0.29, 0.717) is 6.54 Å². The van der Waals surface area contributed by atoms with Gasteiger partial charge in [-0.2, -0.15) is 0 Å². The summed E-state index contributed by atoms with van der Waals surface area (Å²) >= 11 is 5.76. The highest BCUT2D eigenvalue weighted by Crippen LogP contribution is 2.25. The van der Waals surface area contributed by atoms with Gasteiger partial charge in [-0.25, -0.2) is 0 Å². The summed E-state index contributed by atoms with van der Waals surface area (Å²) < 4.78 is 0. The number of anilines is 1. The number of halogens is 1. The number of rotatable bonds is 7. The average molecular weight is 362 g/mol. The largest absolute Gasteiger partial charge is 0.372 e. The van der Waals surface area contributed by atoms with Crippen molar-refractivity contribution in [2.24, 2.45) is 0 Å². The second kappa shape index (κ2) is 8.48. The molecule has 0 aliphatic rings. The quantitative estimate of drug-likeness (QED) is 0.596. The van der Waals surface area contributed by atoms with Gasteiger partial charge in [0.05, 0.1) is 4.92 Å². The van der Waals surface area contributed by atoms with Gasteiger partial charge in [-0.05, 0) is 43.7 Å². The Labute approximate surface area is 151 Å². The molecule has 0 radical (unpaired) electrons. The molecule has 2 aromatic rings. The van der Waals surface area contributed by atoms with Crippen LogP contribution in [-0.2, 0) is 6.54 Å². The number of nitro groups is 1. The first-order valence-electron chi connectivity index (χ1n) is 8.02. The lowest BCUT2D eigenvalue weighted by Gasteiger charge is -2.21. The van der Waals surface area contributed by atoms with Gasteiger partial charge in [0, 0.05) is 37.0 Å². The molecule has 0 aliphatic carbocycles. The highest BCUT2D eigenvalue weighted by molar-refractivity contribution is 6.32. The molecular formula is C18H20ClN3O3. The van der Waals surface area contributed by atoms with Crippen LogP contribution in [0.25, 0.3) is 0 Å². The molecule has 0 unspecified atom stereocenters. The Morgan fingerprint density at radius 2 is 1.80 bits per heavy atom. The molecule has 1 amide bonds. The lowest BCUT2D eigenvalue weighted by molar-refractivity contribution is -0.384. The molecular weight excluding hydrogens is 342 g/mol. The van der Waals surface area contributed by atoms with E-state index >= 15 is 0 Å². The molecule has 132 valence electrons. The molecule has 0 saturated carbocycles. The van der Waals surface area contributed by atoms with E-state index in [4.69, 9.17) is 11.6 Å². The van der Waals surface area contributed by atoms with E-state index in [-0.39, 0.29) is 22.2 Å². The molecule has 0 heterocycles. The summed E-state index contributed by atoms with van der Waals surface area (Å²) in [6.45, 7) is 6.41. The van der Waals surface area contributed by atoms with E-state index in [0.717, 1.165) is 24.3 Å². The highest BCUT2D eigenvalue weighted by atomic mass is 35.5. The van der Waals surface area contributed by atoms with Crippen LogP contribution < -0.4 is 10.2 Å². The van der Waals surface area contributed by atoms with Gasteiger partial charge in [0.25, 0.3) is 11.6 Å². The zero-order valence-corrected chi connectivity index (χ0v) is 14.9. The Hall–Kier alpha value is -2.60. The molecule has 2 aromatic carbocycles. The van der Waals surface area contributed by atoms with E-state index in [9.17, 15) is 14.9 Å². The van der Waals surface area contributed by atoms with Crippen molar-refractivity contribution in [3.63, 3.8) is 0 Å². The van der Waals surface area contributed by atoms with E-state index in [1.54, 1.807) is 0 Å². The molecule has 7 heteroatoms. The summed E-state index contributed by atoms with van der Waals surface area (Å²) in [4.78, 5) is 24.7. The van der Waals surface area contributed by atoms with Gasteiger partial charge < -0.3 is 10.2 Å². The maximum atomic E-state index is 12.2. The van der Waals surface area contributed by atoms with Crippen molar-refractivity contribution in [2.45, 2.75) is 20.4 Å². The second-order valence-corrected chi connectivity index (χ2v) is 5.85. The van der Waals surface area contributed by atoms with E-state index in [2.05, 4.69) is 24.1 Å². The number of hydrogen-bond acceptors (Lipinski definition) is 4. The monoisotopic (exact) mass is 361 g/mol. The third-order valence-electron chi connectivity index (χ3n) is 3.92. The van der Waals surface area contributed by atoms with Crippen molar-refractivity contribution in [3.05, 3.63) is 68.7 Å². The Kier molecular flexibility index (Phi) is 6.36. The lowest BCUT2D eigenvalue weighted by Crippen LogP contribution is -2.23. The molecule has 0 aliphatic heterocycles. The fourth-order valence-corrected chi connectivity index (χ4v) is 2.68. The van der Waals surface area contributed by atoms with E-state index in [1.165, 1.54) is 18.2 Å². The number of nitrogens with one attached hydrogen (secondary N) is 1. The molecule has 0 saturated heterocycles. The fourth-order valence-electron chi connectivity index (χ4n) is 2.49. The number of carbonyl (C=O) groups excluding carboxylic acids is 1. The number of hydrogen-bond donors (Lipinski definition) is 1. The van der Waals surface area contributed by atoms with E-state index in [1.807, 2.05) is 24.3 Å². The summed E-state index contributed by atoms with van der Waals surface area (Å²) in [5.74, 6) is -0.382. The van der Waals surface area contributed by atoms with Gasteiger partial charge >= 0.3 is 0 Å². The maximum Gasteiger partial charge on any atom is 0.288 e. The molecule has 0 fully saturated rings. The van der Waals surface area contributed by atoms with Gasteiger partial charge in [0.15, 0.2) is 0 Å². The van der Waals surface area contributed by atoms with Gasteiger partial charge in [0.2, 0.25) is 0 Å². The van der Waals surface area contributed by atoms with Gasteiger partial charge in [-0.15, -0.1) is 0 Å². The number of benzene rings is 2. The number of amides is 1. The Morgan fingerprint density at radius 3 is 2.36 bits per heavy atom. The topological polar surface area (TPSA) is 75.5 Å². The normalized spacial score (nSPS) is 10.4. The summed E-state index contributed by atoms with van der Waals surface area (Å²) in [7, 11) is 0. The zero-order valence-electron chi connectivity index (χ0n) is 14.2. The van der Waals surface area contributed by atoms with Crippen LogP contribution in [0.2, 0.25) is 5.02 Å². The molecule has 2 rings (SSSR count). The molecule has 0 atom stereocenters. The smallest absolute Gasteiger partial charge is 0.288 e. The highest BCUT2D eigenvalue weighted by Gasteiger charge is 2.16. The minimum atomic E-state index is -0.606. The Morgan fingerprint density at radius 1 is 1.16 bits per heavy atom. The third kappa shape index (κ3) is 4.70. The predicted octanol–water partition coefficient (Wildman–Crippen LogP) is 4.02. The van der Waals surface area contributed by atoms with Crippen molar-refractivity contribution in [1.29, 1.82) is 0 Å². The van der Waals surface area contributed by atoms with Crippen LogP contribution in [0.15, 0.2) is 42.5 Å². The van der Waals surface area contributed by atoms with Gasteiger partial charge in [-0.3, -0.25) is 14.9 Å². The van der Waals surface area contributed by atoms with Gasteiger partial charge in [-0.1, -0.05) is 23.7 Å². The zero-order chi connectivity index (χ0) is 18.4. The molecule has 25 heavy (non-hydrogen) atoms. The van der Waals surface area contributed by atoms with Crippen LogP contribution in [0.1, 0.15) is 29.8 Å². The van der Waals surface area contributed by atoms with Crippen molar-refractivity contribution >= 4 is 28.9 Å². The van der Waals surface area contributed by atoms with Crippen LogP contribution in [0.3, 0.4) is 0 Å². The molecule has 0 aromatic heterocycles. The average Bonchev–Trinajstić information content (AvgIpc) is 2.62. The van der Waals surface area contributed by atoms with Crippen molar-refractivity contribution in [2.75, 3.05) is 18.0 Å². The molecule has 6 nitrogen and oxygen atoms in total. The molecule has 1 N–H and O–H groups in total. The first kappa shape index (κ1) is 18.7. The summed E-state index contributed by atoms with van der Waals surface area (Å²) in [6.07, 6.45) is 0. The summed E-state index contributed by atoms with van der Waals surface area (Å²) in [5, 5.41) is 13.7. The minimum absolute atomic E-state index is 0.00791. The summed E-state index contributed by atoms with van der Waals surface area (Å²) in [6, 6.07) is 11.9. The van der Waals surface area contributed by atoms with Crippen LogP contribution in [0, 0.1) is 10.1 Å². The van der Waals surface area contributed by atoms with Crippen LogP contribution in [0.5, 0.6) is 0 Å². The fraction of sp³-hybridized carbons (Fsp3) is 0.278. The number of carbonyl (C=O) groups is 1. The van der Waals surface area contributed by atoms with Gasteiger partial charge in [0.1, 0.15) is 5.02 Å². The van der Waals surface area contributed by atoms with Crippen molar-refractivity contribution in [3.8, 4) is 0 Å². The molecule has 0 spiro atoms. The second-order valence-electron chi connectivity index (χ2n) is 5.44. The first-order chi connectivity index (χ1) is 12.0. The number of nitro benzene ring substituents is 1. The predicted molar refractivity (Wildman–Crippen MR) is 99.3 cm³/mol. The third-order valence-corrected chi connectivity index (χ3v) is 4.24. The first-order valence-corrected chi connectivity index (χ1v) is 8.40. The van der Waals surface area contributed by atoms with E-state index < -0.39 is 4.92 Å². The Bertz CT molecular complexity index is 759. The lowest BCUT2D eigenvalue weighted by atomic mass is 10.1. The summed E-state index contributed by atoms with van der Waals surface area (Å²) in [5.41, 5.74) is 2.01. The van der Waals surface area contributed by atoms with Crippen molar-refractivity contribution < 1.29 is 9.72 Å². The number of nitrogens with zero attached hydrogens (tertiary/aromatic N) is 2. The Balaban J connectivity index is 2.02. The van der Waals surface area contributed by atoms with Crippen LogP contribution in [-0.4, -0.2) is 23.9 Å². The minimum Gasteiger partial charge on any atom is -0.372 e. The van der Waals surface area contributed by atoms with Crippen LogP contribution in [0.4, 0.5) is 11.4 Å². The SMILES string of the molecule is CCN(CC)c1ccc(CNC(=O)c2ccc(Cl)c([N+](=O)[O-])c2)cc1. The molecule has 0 bridgehead atoms. The standard InChI is InChI=1S/C18H20ClN3O3/c1-3-21(4-2)15-8-5-13(6-9-15)12-20-18(23)14-7-10-16(19)17(11-14)22(24)25/h5-11H,3-4,12H2,1-2H3,(H,20,23). The van der Waals surface area contributed by atoms with Crippen molar-refractivity contribution in [1.82, 2.24) is 5.32 Å². The maximum absolute atomic E-state index is 12.2.